The topological polar surface area (TPSA) is 133 Å². The predicted octanol–water partition coefficient (Wildman–Crippen LogP) is -2.44. The van der Waals surface area contributed by atoms with E-state index in [0.29, 0.717) is 5.32 Å². The molecule has 0 amide bonds. The molecule has 0 rings (SSSR count). The number of rotatable bonds is 9. The molecule has 1 unspecified atom stereocenters. The molecule has 2 atom stereocenters. The third-order valence-corrected chi connectivity index (χ3v) is 4.43. The van der Waals surface area contributed by atoms with Gasteiger partial charge in [-0.05, 0) is 0 Å². The van der Waals surface area contributed by atoms with E-state index in [1.807, 2.05) is 0 Å². The maximum atomic E-state index is 11.5. The van der Waals surface area contributed by atoms with Gasteiger partial charge in [-0.2, -0.15) is 0 Å². The number of ether oxygens (including phenoxy) is 1. The van der Waals surface area contributed by atoms with E-state index in [2.05, 4.69) is 16.0 Å². The fourth-order valence-electron chi connectivity index (χ4n) is 0.831. The van der Waals surface area contributed by atoms with Gasteiger partial charge in [0.25, 0.3) is 0 Å². The Hall–Kier alpha value is -0.431. The van der Waals surface area contributed by atoms with Gasteiger partial charge in [0.05, 0.1) is 0 Å². The molecule has 0 aromatic carbocycles. The van der Waals surface area contributed by atoms with Crippen LogP contribution in [0.5, 0.6) is 0 Å². The number of hydrogen-bond donors (Lipinski definition) is 3. The molecule has 0 radical (unpaired) electrons. The summed E-state index contributed by atoms with van der Waals surface area (Å²) >= 11 is 1.58. The van der Waals surface area contributed by atoms with Gasteiger partial charge in [0.15, 0.2) is 0 Å². The summed E-state index contributed by atoms with van der Waals surface area (Å²) in [6.45, 7) is 0. The monoisotopic (exact) mass is 392 g/mol. The molecule has 0 aromatic heterocycles. The van der Waals surface area contributed by atoms with Crippen molar-refractivity contribution in [2.75, 3.05) is 5.51 Å². The Morgan fingerprint density at radius 2 is 1.89 bits per heavy atom. The second-order valence-corrected chi connectivity index (χ2v) is 6.08. The Labute approximate surface area is 119 Å². The predicted molar refractivity (Wildman–Crippen MR) is 66.5 cm³/mol. The van der Waals surface area contributed by atoms with Crippen molar-refractivity contribution in [1.82, 2.24) is 0 Å². The normalized spacial score (nSPS) is 13.7. The summed E-state index contributed by atoms with van der Waals surface area (Å²) in [5, 5.41) is 8.84. The van der Waals surface area contributed by atoms with Crippen molar-refractivity contribution in [2.45, 2.75) is 30.2 Å². The van der Waals surface area contributed by atoms with Crippen LogP contribution in [-0.2, 0) is 19.1 Å². The molecule has 104 valence electrons. The molecule has 5 N–H and O–H groups in total. The number of aliphatic carboxylic acids is 1. The van der Waals surface area contributed by atoms with Gasteiger partial charge in [0.2, 0.25) is 0 Å². The van der Waals surface area contributed by atoms with Crippen LogP contribution in [0.4, 0.5) is 0 Å². The van der Waals surface area contributed by atoms with Crippen LogP contribution in [0, 0.1) is 0 Å². The SMILES string of the molecule is NC(CCC(=O)O)C(=O)[Se]COC(=O)[C@@H](N)C[SeH]. The first-order chi connectivity index (χ1) is 8.38. The van der Waals surface area contributed by atoms with E-state index >= 15 is 0 Å². The van der Waals surface area contributed by atoms with Crippen LogP contribution in [0.1, 0.15) is 12.8 Å². The summed E-state index contributed by atoms with van der Waals surface area (Å²) in [6.07, 6.45) is -0.0583. The Morgan fingerprint density at radius 3 is 2.39 bits per heavy atom. The van der Waals surface area contributed by atoms with Gasteiger partial charge in [-0.25, -0.2) is 0 Å². The third kappa shape index (κ3) is 7.81. The number of carbonyl (C=O) groups excluding carboxylic acids is 2. The third-order valence-electron chi connectivity index (χ3n) is 1.87. The Kier molecular flexibility index (Phi) is 9.27. The van der Waals surface area contributed by atoms with Crippen molar-refractivity contribution in [3.63, 3.8) is 0 Å². The van der Waals surface area contributed by atoms with Crippen LogP contribution in [0.15, 0.2) is 0 Å². The van der Waals surface area contributed by atoms with Gasteiger partial charge in [0, 0.05) is 0 Å². The van der Waals surface area contributed by atoms with Crippen molar-refractivity contribution in [3.8, 4) is 0 Å². The summed E-state index contributed by atoms with van der Waals surface area (Å²) < 4.78 is 4.54. The molecule has 0 saturated heterocycles. The van der Waals surface area contributed by atoms with Crippen LogP contribution in [0.2, 0.25) is 5.32 Å². The second kappa shape index (κ2) is 9.49. The molecule has 0 bridgehead atoms. The molecular formula is C9H16N2O5Se2. The molecule has 0 aromatic rings. The number of carboxylic acid groups (broad SMARTS) is 1. The number of nitrogens with two attached hydrogens (primary N) is 2. The molecule has 0 aliphatic rings. The Balaban J connectivity index is 3.82. The number of carboxylic acids is 1. The molecule has 0 fully saturated rings. The zero-order valence-electron chi connectivity index (χ0n) is 9.57. The molecule has 7 nitrogen and oxygen atoms in total. The first kappa shape index (κ1) is 17.6. The van der Waals surface area contributed by atoms with Gasteiger partial charge in [-0.15, -0.1) is 0 Å². The van der Waals surface area contributed by atoms with E-state index in [9.17, 15) is 14.4 Å². The van der Waals surface area contributed by atoms with Crippen molar-refractivity contribution < 1.29 is 24.2 Å². The zero-order valence-corrected chi connectivity index (χ0v) is 13.2. The van der Waals surface area contributed by atoms with Crippen molar-refractivity contribution in [3.05, 3.63) is 0 Å². The number of esters is 1. The van der Waals surface area contributed by atoms with Crippen LogP contribution >= 0.6 is 0 Å². The van der Waals surface area contributed by atoms with Gasteiger partial charge >= 0.3 is 119 Å². The Bertz CT molecular complexity index is 313. The summed E-state index contributed by atoms with van der Waals surface area (Å²) in [6, 6.07) is -1.51. The van der Waals surface area contributed by atoms with Crippen molar-refractivity contribution in [2.24, 2.45) is 11.5 Å². The van der Waals surface area contributed by atoms with Crippen LogP contribution < -0.4 is 11.5 Å². The first-order valence-electron chi connectivity index (χ1n) is 5.05. The van der Waals surface area contributed by atoms with E-state index in [4.69, 9.17) is 21.3 Å². The molecule has 0 saturated carbocycles. The van der Waals surface area contributed by atoms with E-state index in [0.717, 1.165) is 0 Å². The van der Waals surface area contributed by atoms with Gasteiger partial charge in [-0.3, -0.25) is 0 Å². The molecule has 9 heteroatoms. The van der Waals surface area contributed by atoms with E-state index in [-0.39, 0.29) is 23.0 Å². The van der Waals surface area contributed by atoms with Crippen LogP contribution in [0.25, 0.3) is 0 Å². The fourth-order valence-corrected chi connectivity index (χ4v) is 2.45. The first-order valence-corrected chi connectivity index (χ1v) is 8.45. The standard InChI is InChI=1S/C9H16N2O5Se2/c10-5(1-2-7(12)13)9(15)18-4-16-8(14)6(11)3-17/h5-6,17H,1-4,10-11H2,(H,12,13)/t5?,6-/m0/s1. The minimum atomic E-state index is -0.996. The average molecular weight is 390 g/mol. The van der Waals surface area contributed by atoms with Crippen LogP contribution in [0.3, 0.4) is 0 Å². The maximum absolute atomic E-state index is 11.5. The van der Waals surface area contributed by atoms with E-state index < -0.39 is 39.0 Å². The van der Waals surface area contributed by atoms with Crippen LogP contribution in [-0.4, -0.2) is 70.3 Å². The van der Waals surface area contributed by atoms with E-state index in [1.54, 1.807) is 0 Å². The summed E-state index contributed by atoms with van der Waals surface area (Å²) in [5.74, 6) is -1.55. The fraction of sp³-hybridized carbons (Fsp3) is 0.667. The van der Waals surface area contributed by atoms with Gasteiger partial charge in [-0.1, -0.05) is 0 Å². The molecule has 0 aliphatic heterocycles. The van der Waals surface area contributed by atoms with Crippen molar-refractivity contribution >= 4 is 47.6 Å². The minimum absolute atomic E-state index is 0.0217. The summed E-state index contributed by atoms with van der Waals surface area (Å²) in [5.41, 5.74) is 10.9. The second-order valence-electron chi connectivity index (χ2n) is 3.37. The zero-order chi connectivity index (χ0) is 14.1. The summed E-state index contributed by atoms with van der Waals surface area (Å²) in [4.78, 5) is 32.9. The molecular weight excluding hydrogens is 374 g/mol. The number of carbonyl (C=O) groups is 3. The molecule has 0 aliphatic carbocycles. The molecule has 0 heterocycles. The Morgan fingerprint density at radius 1 is 1.28 bits per heavy atom. The average Bonchev–Trinajstić information content (AvgIpc) is 2.34. The molecule has 18 heavy (non-hydrogen) atoms. The van der Waals surface area contributed by atoms with Gasteiger partial charge in [0.1, 0.15) is 0 Å². The van der Waals surface area contributed by atoms with E-state index in [1.165, 1.54) is 0 Å². The summed E-state index contributed by atoms with van der Waals surface area (Å²) in [7, 11) is 0. The molecule has 0 spiro atoms. The van der Waals surface area contributed by atoms with Crippen molar-refractivity contribution in [1.29, 1.82) is 0 Å². The number of hydrogen-bond acceptors (Lipinski definition) is 6. The van der Waals surface area contributed by atoms with Gasteiger partial charge < -0.3 is 0 Å². The quantitative estimate of drug-likeness (QED) is 0.294.